The summed E-state index contributed by atoms with van der Waals surface area (Å²) >= 11 is 0. The van der Waals surface area contributed by atoms with Gasteiger partial charge >= 0.3 is 0 Å². The van der Waals surface area contributed by atoms with Gasteiger partial charge in [0.1, 0.15) is 8.24 Å². The van der Waals surface area contributed by atoms with Gasteiger partial charge in [-0.05, 0) is 53.4 Å². The fourth-order valence-electron chi connectivity index (χ4n) is 4.85. The number of hydrogen-bond acceptors (Lipinski definition) is 1. The number of hydrogen-bond donors (Lipinski definition) is 1. The van der Waals surface area contributed by atoms with E-state index in [1.54, 1.807) is 5.20 Å². The first-order chi connectivity index (χ1) is 12.2. The molecule has 1 unspecified atom stereocenters. The van der Waals surface area contributed by atoms with Crippen LogP contribution in [0.5, 0.6) is 0 Å². The fraction of sp³-hybridized carbons (Fsp3) is 0.333. The molecule has 0 bridgehead atoms. The highest BCUT2D eigenvalue weighted by Gasteiger charge is 2.37. The van der Waals surface area contributed by atoms with Crippen LogP contribution in [0.15, 0.2) is 53.7 Å². The van der Waals surface area contributed by atoms with E-state index in [9.17, 15) is 0 Å². The Morgan fingerprint density at radius 3 is 2.27 bits per heavy atom. The van der Waals surface area contributed by atoms with Gasteiger partial charge in [0, 0.05) is 11.5 Å². The Balaban J connectivity index is 1.90. The zero-order valence-electron chi connectivity index (χ0n) is 16.8. The van der Waals surface area contributed by atoms with E-state index in [0.717, 1.165) is 0 Å². The molecule has 1 atom stereocenters. The lowest BCUT2D eigenvalue weighted by atomic mass is 9.94. The first kappa shape index (κ1) is 17.5. The topological polar surface area (TPSA) is 12.0 Å². The predicted octanol–water partition coefficient (Wildman–Crippen LogP) is 6.63. The third kappa shape index (κ3) is 2.82. The summed E-state index contributed by atoms with van der Waals surface area (Å²) in [5.74, 6) is 0.498. The van der Waals surface area contributed by atoms with Crippen LogP contribution in [0.3, 0.4) is 0 Å². The molecule has 3 aromatic carbocycles. The van der Waals surface area contributed by atoms with Gasteiger partial charge in [-0.1, -0.05) is 79.8 Å². The van der Waals surface area contributed by atoms with Crippen LogP contribution in [0, 0.1) is 0 Å². The summed E-state index contributed by atoms with van der Waals surface area (Å²) in [4.78, 5) is 3.95. The molecule has 0 spiro atoms. The van der Waals surface area contributed by atoms with Gasteiger partial charge in [0.2, 0.25) is 0 Å². The van der Waals surface area contributed by atoms with Crippen molar-refractivity contribution in [2.24, 2.45) is 0 Å². The molecule has 0 fully saturated rings. The molecular formula is C24H29NSi. The second kappa shape index (κ2) is 5.80. The van der Waals surface area contributed by atoms with Crippen LogP contribution in [0.1, 0.15) is 44.7 Å². The molecule has 0 aliphatic heterocycles. The van der Waals surface area contributed by atoms with E-state index >= 15 is 0 Å². The molecule has 2 heteroatoms. The van der Waals surface area contributed by atoms with Crippen molar-refractivity contribution in [2.45, 2.75) is 52.2 Å². The van der Waals surface area contributed by atoms with Crippen LogP contribution in [0.4, 0.5) is 0 Å². The molecule has 0 radical (unpaired) electrons. The molecule has 1 aliphatic carbocycles. The number of allylic oxidation sites excluding steroid dienone is 1. The van der Waals surface area contributed by atoms with Gasteiger partial charge in [-0.2, -0.15) is 0 Å². The van der Waals surface area contributed by atoms with Crippen molar-refractivity contribution in [3.05, 3.63) is 64.9 Å². The highest BCUT2D eigenvalue weighted by atomic mass is 28.3. The fourth-order valence-corrected chi connectivity index (χ4v) is 8.61. The standard InChI is InChI=1S/C24H29NSi/c1-16-18-13-14-20-19-10-8-7-9-17(19)11-12-21(20)22(18)15-23(16)26(5,6)25-24(2,3)4/h7-16,25H,1-6H3. The summed E-state index contributed by atoms with van der Waals surface area (Å²) < 4.78 is 0. The maximum atomic E-state index is 3.95. The maximum absolute atomic E-state index is 3.95. The lowest BCUT2D eigenvalue weighted by Gasteiger charge is -2.36. The molecule has 1 aliphatic rings. The third-order valence-electron chi connectivity index (χ3n) is 5.64. The van der Waals surface area contributed by atoms with Gasteiger partial charge in [-0.3, -0.25) is 0 Å². The Morgan fingerprint density at radius 1 is 0.846 bits per heavy atom. The van der Waals surface area contributed by atoms with E-state index in [1.165, 1.54) is 32.7 Å². The molecular weight excluding hydrogens is 330 g/mol. The van der Waals surface area contributed by atoms with Crippen LogP contribution >= 0.6 is 0 Å². The smallest absolute Gasteiger partial charge is 0.148 e. The Kier molecular flexibility index (Phi) is 3.91. The van der Waals surface area contributed by atoms with Crippen molar-refractivity contribution in [3.8, 4) is 0 Å². The lowest BCUT2D eigenvalue weighted by molar-refractivity contribution is 0.513. The van der Waals surface area contributed by atoms with Gasteiger partial charge in [-0.15, -0.1) is 0 Å². The number of rotatable bonds is 2. The monoisotopic (exact) mass is 359 g/mol. The molecule has 0 aromatic heterocycles. The highest BCUT2D eigenvalue weighted by molar-refractivity contribution is 6.83. The molecule has 0 amide bonds. The van der Waals surface area contributed by atoms with E-state index in [1.807, 2.05) is 0 Å². The van der Waals surface area contributed by atoms with Crippen molar-refractivity contribution in [1.29, 1.82) is 0 Å². The van der Waals surface area contributed by atoms with Crippen LogP contribution in [0.25, 0.3) is 27.6 Å². The van der Waals surface area contributed by atoms with E-state index in [-0.39, 0.29) is 5.54 Å². The van der Waals surface area contributed by atoms with Gasteiger partial charge in [-0.25, -0.2) is 0 Å². The third-order valence-corrected chi connectivity index (χ3v) is 9.04. The average molecular weight is 360 g/mol. The van der Waals surface area contributed by atoms with Crippen molar-refractivity contribution < 1.29 is 0 Å². The van der Waals surface area contributed by atoms with Crippen molar-refractivity contribution in [2.75, 3.05) is 0 Å². The van der Waals surface area contributed by atoms with E-state index < -0.39 is 8.24 Å². The lowest BCUT2D eigenvalue weighted by Crippen LogP contribution is -2.56. The largest absolute Gasteiger partial charge is 0.329 e. The SMILES string of the molecule is CC1C([Si](C)(C)NC(C)(C)C)=Cc2c1ccc1c2ccc2ccccc21. The highest BCUT2D eigenvalue weighted by Crippen LogP contribution is 2.44. The second-order valence-electron chi connectivity index (χ2n) is 9.27. The van der Waals surface area contributed by atoms with Gasteiger partial charge in [0.15, 0.2) is 0 Å². The van der Waals surface area contributed by atoms with Crippen LogP contribution in [-0.2, 0) is 0 Å². The van der Waals surface area contributed by atoms with E-state index in [2.05, 4.69) is 100 Å². The van der Waals surface area contributed by atoms with Crippen LogP contribution in [-0.4, -0.2) is 13.8 Å². The predicted molar refractivity (Wildman–Crippen MR) is 118 cm³/mol. The first-order valence-electron chi connectivity index (χ1n) is 9.63. The first-order valence-corrected chi connectivity index (χ1v) is 12.6. The van der Waals surface area contributed by atoms with Gasteiger partial charge in [0.25, 0.3) is 0 Å². The molecule has 1 nitrogen and oxygen atoms in total. The Bertz CT molecular complexity index is 1040. The molecule has 0 saturated carbocycles. The summed E-state index contributed by atoms with van der Waals surface area (Å²) in [5.41, 5.74) is 3.06. The molecule has 0 heterocycles. The number of fused-ring (bicyclic) bond motifs is 5. The zero-order valence-corrected chi connectivity index (χ0v) is 17.8. The minimum Gasteiger partial charge on any atom is -0.329 e. The Hall–Kier alpha value is -1.90. The van der Waals surface area contributed by atoms with E-state index in [4.69, 9.17) is 0 Å². The Morgan fingerprint density at radius 2 is 1.54 bits per heavy atom. The summed E-state index contributed by atoms with van der Waals surface area (Å²) in [6.07, 6.45) is 2.50. The van der Waals surface area contributed by atoms with Crippen LogP contribution < -0.4 is 4.98 Å². The summed E-state index contributed by atoms with van der Waals surface area (Å²) in [6.45, 7) is 14.1. The summed E-state index contributed by atoms with van der Waals surface area (Å²) in [5, 5.41) is 7.05. The normalized spacial score (nSPS) is 17.6. The van der Waals surface area contributed by atoms with Crippen molar-refractivity contribution >= 4 is 35.9 Å². The molecule has 4 rings (SSSR count). The van der Waals surface area contributed by atoms with Gasteiger partial charge < -0.3 is 4.98 Å². The quantitative estimate of drug-likeness (QED) is 0.400. The average Bonchev–Trinajstić information content (AvgIpc) is 2.90. The number of nitrogens with one attached hydrogen (secondary N) is 1. The molecule has 0 saturated heterocycles. The zero-order chi connectivity index (χ0) is 18.7. The van der Waals surface area contributed by atoms with Crippen LogP contribution in [0.2, 0.25) is 13.1 Å². The second-order valence-corrected chi connectivity index (χ2v) is 13.3. The molecule has 134 valence electrons. The maximum Gasteiger partial charge on any atom is 0.148 e. The van der Waals surface area contributed by atoms with Crippen molar-refractivity contribution in [1.82, 2.24) is 4.98 Å². The minimum absolute atomic E-state index is 0.142. The molecule has 3 aromatic rings. The minimum atomic E-state index is -1.70. The summed E-state index contributed by atoms with van der Waals surface area (Å²) in [6, 6.07) is 18.0. The van der Waals surface area contributed by atoms with Crippen molar-refractivity contribution in [3.63, 3.8) is 0 Å². The van der Waals surface area contributed by atoms with E-state index in [0.29, 0.717) is 5.92 Å². The summed E-state index contributed by atoms with van der Waals surface area (Å²) in [7, 11) is -1.70. The molecule has 1 N–H and O–H groups in total. The Labute approximate surface area is 158 Å². The molecule has 26 heavy (non-hydrogen) atoms. The van der Waals surface area contributed by atoms with Gasteiger partial charge in [0.05, 0.1) is 0 Å². The number of benzene rings is 3.